The van der Waals surface area contributed by atoms with Gasteiger partial charge in [-0.25, -0.2) is 0 Å². The summed E-state index contributed by atoms with van der Waals surface area (Å²) in [4.78, 5) is 7.81. The average Bonchev–Trinajstić information content (AvgIpc) is 2.94. The van der Waals surface area contributed by atoms with Gasteiger partial charge in [0, 0.05) is 17.4 Å². The monoisotopic (exact) mass is 303 g/mol. The van der Waals surface area contributed by atoms with Crippen molar-refractivity contribution < 1.29 is 0 Å². The van der Waals surface area contributed by atoms with E-state index in [4.69, 9.17) is 0 Å². The summed E-state index contributed by atoms with van der Waals surface area (Å²) in [5, 5.41) is 12.8. The second-order valence-corrected chi connectivity index (χ2v) is 5.61. The highest BCUT2D eigenvalue weighted by Crippen LogP contribution is 2.21. The third-order valence-electron chi connectivity index (χ3n) is 4.06. The van der Waals surface area contributed by atoms with Gasteiger partial charge in [0.05, 0.1) is 0 Å². The van der Waals surface area contributed by atoms with E-state index in [9.17, 15) is 0 Å². The fourth-order valence-electron chi connectivity index (χ4n) is 2.80. The number of para-hydroxylation sites is 1. The van der Waals surface area contributed by atoms with Gasteiger partial charge < -0.3 is 10.3 Å². The van der Waals surface area contributed by atoms with Crippen LogP contribution >= 0.6 is 0 Å². The molecule has 0 spiro atoms. The average molecular weight is 303 g/mol. The van der Waals surface area contributed by atoms with Crippen LogP contribution < -0.4 is 5.32 Å². The lowest BCUT2D eigenvalue weighted by molar-refractivity contribution is 0.946. The Morgan fingerprint density at radius 3 is 2.74 bits per heavy atom. The molecule has 0 aliphatic rings. The Bertz CT molecular complexity index is 973. The van der Waals surface area contributed by atoms with E-state index in [-0.39, 0.29) is 0 Å². The summed E-state index contributed by atoms with van der Waals surface area (Å²) < 4.78 is 0. The van der Waals surface area contributed by atoms with E-state index in [0.29, 0.717) is 5.95 Å². The second-order valence-electron chi connectivity index (χ2n) is 5.61. The van der Waals surface area contributed by atoms with E-state index < -0.39 is 0 Å². The SMILES string of the molecule is Cc1ccccc1CCNc1nnc2c(n1)[nH]c1ccccc12. The topological polar surface area (TPSA) is 66.5 Å². The molecule has 5 heteroatoms. The van der Waals surface area contributed by atoms with Gasteiger partial charge in [-0.1, -0.05) is 42.5 Å². The second kappa shape index (κ2) is 5.68. The first-order chi connectivity index (χ1) is 11.3. The lowest BCUT2D eigenvalue weighted by atomic mass is 10.1. The number of H-pyrrole nitrogens is 1. The van der Waals surface area contributed by atoms with Crippen LogP contribution in [-0.2, 0) is 6.42 Å². The van der Waals surface area contributed by atoms with Gasteiger partial charge in [-0.15, -0.1) is 10.2 Å². The Morgan fingerprint density at radius 2 is 1.83 bits per heavy atom. The third kappa shape index (κ3) is 2.61. The molecule has 0 aliphatic heterocycles. The van der Waals surface area contributed by atoms with Crippen molar-refractivity contribution in [2.45, 2.75) is 13.3 Å². The maximum atomic E-state index is 4.53. The summed E-state index contributed by atoms with van der Waals surface area (Å²) in [5.41, 5.74) is 5.24. The molecule has 0 fully saturated rings. The van der Waals surface area contributed by atoms with Crippen LogP contribution in [0.3, 0.4) is 0 Å². The molecule has 0 saturated carbocycles. The van der Waals surface area contributed by atoms with Crippen LogP contribution in [0.2, 0.25) is 0 Å². The zero-order valence-electron chi connectivity index (χ0n) is 12.9. The molecule has 0 aliphatic carbocycles. The van der Waals surface area contributed by atoms with Crippen molar-refractivity contribution in [3.63, 3.8) is 0 Å². The molecule has 0 unspecified atom stereocenters. The van der Waals surface area contributed by atoms with Crippen molar-refractivity contribution >= 4 is 28.0 Å². The number of anilines is 1. The first kappa shape index (κ1) is 13.7. The predicted octanol–water partition coefficient (Wildman–Crippen LogP) is 3.47. The molecule has 4 aromatic rings. The van der Waals surface area contributed by atoms with Gasteiger partial charge in [-0.2, -0.15) is 4.98 Å². The standard InChI is InChI=1S/C18H17N5/c1-12-6-2-3-7-13(12)10-11-19-18-21-17-16(22-23-18)14-8-4-5-9-15(14)20-17/h2-9H,10-11H2,1H3,(H2,19,20,21,23). The largest absolute Gasteiger partial charge is 0.353 e. The summed E-state index contributed by atoms with van der Waals surface area (Å²) in [5.74, 6) is 0.553. The molecule has 5 nitrogen and oxygen atoms in total. The summed E-state index contributed by atoms with van der Waals surface area (Å²) >= 11 is 0. The number of aromatic nitrogens is 4. The Hall–Kier alpha value is -2.95. The Kier molecular flexibility index (Phi) is 3.38. The molecular formula is C18H17N5. The summed E-state index contributed by atoms with van der Waals surface area (Å²) in [7, 11) is 0. The zero-order chi connectivity index (χ0) is 15.6. The van der Waals surface area contributed by atoms with Crippen LogP contribution in [0.15, 0.2) is 48.5 Å². The van der Waals surface area contributed by atoms with E-state index >= 15 is 0 Å². The molecule has 0 saturated heterocycles. The fourth-order valence-corrected chi connectivity index (χ4v) is 2.80. The molecular weight excluding hydrogens is 286 g/mol. The molecule has 4 rings (SSSR count). The Labute approximate surface area is 133 Å². The summed E-state index contributed by atoms with van der Waals surface area (Å²) in [6, 6.07) is 16.4. The highest BCUT2D eigenvalue weighted by atomic mass is 15.2. The first-order valence-corrected chi connectivity index (χ1v) is 7.71. The minimum atomic E-state index is 0.553. The number of hydrogen-bond donors (Lipinski definition) is 2. The number of nitrogens with one attached hydrogen (secondary N) is 2. The van der Waals surface area contributed by atoms with Crippen molar-refractivity contribution in [1.82, 2.24) is 20.2 Å². The minimum absolute atomic E-state index is 0.553. The van der Waals surface area contributed by atoms with Crippen LogP contribution in [0.4, 0.5) is 5.95 Å². The van der Waals surface area contributed by atoms with Crippen molar-refractivity contribution in [2.24, 2.45) is 0 Å². The molecule has 0 amide bonds. The highest BCUT2D eigenvalue weighted by molar-refractivity contribution is 6.03. The van der Waals surface area contributed by atoms with Crippen molar-refractivity contribution in [3.05, 3.63) is 59.7 Å². The maximum Gasteiger partial charge on any atom is 0.244 e. The van der Waals surface area contributed by atoms with E-state index in [2.05, 4.69) is 56.7 Å². The van der Waals surface area contributed by atoms with Gasteiger partial charge in [0.1, 0.15) is 5.52 Å². The van der Waals surface area contributed by atoms with E-state index in [1.807, 2.05) is 24.3 Å². The Morgan fingerprint density at radius 1 is 1.00 bits per heavy atom. The van der Waals surface area contributed by atoms with Gasteiger partial charge in [0.2, 0.25) is 5.95 Å². The zero-order valence-corrected chi connectivity index (χ0v) is 12.9. The summed E-state index contributed by atoms with van der Waals surface area (Å²) in [6.07, 6.45) is 0.931. The van der Waals surface area contributed by atoms with Crippen LogP contribution in [0, 0.1) is 6.92 Å². The van der Waals surface area contributed by atoms with E-state index in [1.54, 1.807) is 0 Å². The van der Waals surface area contributed by atoms with Crippen LogP contribution in [0.1, 0.15) is 11.1 Å². The number of aryl methyl sites for hydroxylation is 1. The van der Waals surface area contributed by atoms with Crippen molar-refractivity contribution in [3.8, 4) is 0 Å². The maximum absolute atomic E-state index is 4.53. The molecule has 0 radical (unpaired) electrons. The molecule has 0 atom stereocenters. The predicted molar refractivity (Wildman–Crippen MR) is 92.6 cm³/mol. The fraction of sp³-hybridized carbons (Fsp3) is 0.167. The molecule has 2 N–H and O–H groups in total. The van der Waals surface area contributed by atoms with Gasteiger partial charge in [-0.05, 0) is 30.5 Å². The normalized spacial score (nSPS) is 11.2. The third-order valence-corrected chi connectivity index (χ3v) is 4.06. The van der Waals surface area contributed by atoms with Gasteiger partial charge in [0.15, 0.2) is 5.65 Å². The molecule has 2 heterocycles. The van der Waals surface area contributed by atoms with Crippen LogP contribution in [0.5, 0.6) is 0 Å². The van der Waals surface area contributed by atoms with Gasteiger partial charge in [-0.3, -0.25) is 0 Å². The lowest BCUT2D eigenvalue weighted by Crippen LogP contribution is -2.09. The Balaban J connectivity index is 1.53. The number of benzene rings is 2. The van der Waals surface area contributed by atoms with Crippen LogP contribution in [-0.4, -0.2) is 26.7 Å². The number of aromatic amines is 1. The summed E-state index contributed by atoms with van der Waals surface area (Å²) in [6.45, 7) is 2.90. The first-order valence-electron chi connectivity index (χ1n) is 7.71. The van der Waals surface area contributed by atoms with E-state index in [1.165, 1.54) is 11.1 Å². The number of fused-ring (bicyclic) bond motifs is 3. The molecule has 2 aromatic carbocycles. The lowest BCUT2D eigenvalue weighted by Gasteiger charge is -2.06. The van der Waals surface area contributed by atoms with Crippen LogP contribution in [0.25, 0.3) is 22.1 Å². The number of rotatable bonds is 4. The smallest absolute Gasteiger partial charge is 0.244 e. The number of nitrogens with zero attached hydrogens (tertiary/aromatic N) is 3. The van der Waals surface area contributed by atoms with E-state index in [0.717, 1.165) is 35.0 Å². The molecule has 2 aromatic heterocycles. The van der Waals surface area contributed by atoms with Gasteiger partial charge >= 0.3 is 0 Å². The van der Waals surface area contributed by atoms with Crippen molar-refractivity contribution in [1.29, 1.82) is 0 Å². The minimum Gasteiger partial charge on any atom is -0.353 e. The highest BCUT2D eigenvalue weighted by Gasteiger charge is 2.08. The van der Waals surface area contributed by atoms with Gasteiger partial charge in [0.25, 0.3) is 0 Å². The quantitative estimate of drug-likeness (QED) is 0.606. The van der Waals surface area contributed by atoms with Crippen molar-refractivity contribution in [2.75, 3.05) is 11.9 Å². The molecule has 114 valence electrons. The number of hydrogen-bond acceptors (Lipinski definition) is 4. The molecule has 23 heavy (non-hydrogen) atoms. The molecule has 0 bridgehead atoms.